The fraction of sp³-hybridized carbons (Fsp3) is 0.214. The number of nitrogens with zero attached hydrogens (tertiary/aromatic N) is 3. The molecule has 6 heteroatoms. The van der Waals surface area contributed by atoms with Crippen molar-refractivity contribution in [1.82, 2.24) is 19.9 Å². The fourth-order valence-electron chi connectivity index (χ4n) is 1.93. The number of aliphatic hydroxyl groups excluding tert-OH is 1. The first-order chi connectivity index (χ1) is 9.78. The number of aliphatic hydroxyl groups is 1. The molecule has 0 unspecified atom stereocenters. The average Bonchev–Trinajstić information content (AvgIpc) is 2.97. The molecule has 0 fully saturated rings. The van der Waals surface area contributed by atoms with Crippen molar-refractivity contribution >= 4 is 22.9 Å². The van der Waals surface area contributed by atoms with Gasteiger partial charge in [0.2, 0.25) is 0 Å². The van der Waals surface area contributed by atoms with Gasteiger partial charge < -0.3 is 10.1 Å². The molecule has 2 N–H and O–H groups in total. The fourth-order valence-corrected chi connectivity index (χ4v) is 2.77. The Hall–Kier alpha value is -1.92. The summed E-state index contributed by atoms with van der Waals surface area (Å²) >= 11 is 1.55. The molecule has 0 aliphatic rings. The van der Waals surface area contributed by atoms with Crippen LogP contribution in [0, 0.1) is 0 Å². The number of imidazole rings is 1. The van der Waals surface area contributed by atoms with Crippen molar-refractivity contribution in [2.75, 3.05) is 0 Å². The Balaban J connectivity index is 1.86. The third-order valence-electron chi connectivity index (χ3n) is 3.05. The molecule has 5 nitrogen and oxygen atoms in total. The van der Waals surface area contributed by atoms with E-state index in [0.717, 1.165) is 21.0 Å². The normalized spacial score (nSPS) is 12.7. The molecule has 1 atom stereocenters. The van der Waals surface area contributed by atoms with Crippen molar-refractivity contribution in [3.05, 3.63) is 42.5 Å². The summed E-state index contributed by atoms with van der Waals surface area (Å²) in [7, 11) is 0. The number of benzene rings is 1. The molecule has 0 saturated heterocycles. The Morgan fingerprint density at radius 2 is 2.00 bits per heavy atom. The van der Waals surface area contributed by atoms with Gasteiger partial charge in [0.05, 0.1) is 12.4 Å². The van der Waals surface area contributed by atoms with Gasteiger partial charge in [-0.2, -0.15) is 0 Å². The van der Waals surface area contributed by atoms with E-state index in [1.54, 1.807) is 18.1 Å². The summed E-state index contributed by atoms with van der Waals surface area (Å²) in [5.41, 5.74) is 2.45. The third-order valence-corrected chi connectivity index (χ3v) is 4.07. The number of aromatic amines is 1. The van der Waals surface area contributed by atoms with Gasteiger partial charge in [0.25, 0.3) is 0 Å². The minimum Gasteiger partial charge on any atom is -0.388 e. The van der Waals surface area contributed by atoms with Gasteiger partial charge in [0, 0.05) is 4.90 Å². The van der Waals surface area contributed by atoms with E-state index in [1.807, 2.05) is 31.2 Å². The van der Waals surface area contributed by atoms with Crippen LogP contribution >= 0.6 is 11.8 Å². The summed E-state index contributed by atoms with van der Waals surface area (Å²) in [6.45, 7) is 1.96. The number of fused-ring (bicyclic) bond motifs is 1. The predicted octanol–water partition coefficient (Wildman–Crippen LogP) is 2.95. The van der Waals surface area contributed by atoms with Crippen molar-refractivity contribution in [3.63, 3.8) is 0 Å². The van der Waals surface area contributed by atoms with Gasteiger partial charge in [-0.25, -0.2) is 15.0 Å². The van der Waals surface area contributed by atoms with Gasteiger partial charge >= 0.3 is 0 Å². The van der Waals surface area contributed by atoms with Gasteiger partial charge in [-0.15, -0.1) is 0 Å². The molecule has 0 bridgehead atoms. The third kappa shape index (κ3) is 2.52. The largest absolute Gasteiger partial charge is 0.388 e. The van der Waals surface area contributed by atoms with E-state index >= 15 is 0 Å². The highest BCUT2D eigenvalue weighted by Crippen LogP contribution is 2.30. The second kappa shape index (κ2) is 5.60. The number of hydrogen-bond acceptors (Lipinski definition) is 5. The van der Waals surface area contributed by atoms with E-state index in [9.17, 15) is 5.11 Å². The molecule has 20 heavy (non-hydrogen) atoms. The van der Waals surface area contributed by atoms with E-state index in [1.165, 1.54) is 6.33 Å². The molecule has 0 saturated carbocycles. The number of H-pyrrole nitrogens is 1. The first-order valence-electron chi connectivity index (χ1n) is 6.38. The second-order valence-corrected chi connectivity index (χ2v) is 5.44. The molecule has 3 rings (SSSR count). The zero-order chi connectivity index (χ0) is 13.9. The summed E-state index contributed by atoms with van der Waals surface area (Å²) in [6, 6.07) is 7.87. The lowest BCUT2D eigenvalue weighted by molar-refractivity contribution is 0.173. The molecule has 0 aliphatic carbocycles. The first kappa shape index (κ1) is 13.1. The lowest BCUT2D eigenvalue weighted by Crippen LogP contribution is -1.94. The Kier molecular flexibility index (Phi) is 3.66. The van der Waals surface area contributed by atoms with Crippen LogP contribution in [0.25, 0.3) is 11.2 Å². The Bertz CT molecular complexity index is 711. The quantitative estimate of drug-likeness (QED) is 0.721. The molecule has 0 spiro atoms. The van der Waals surface area contributed by atoms with Crippen LogP contribution in [-0.2, 0) is 0 Å². The van der Waals surface area contributed by atoms with Crippen molar-refractivity contribution in [1.29, 1.82) is 0 Å². The SMILES string of the molecule is CC[C@@H](O)c1ccc(Sc2ncnc3nc[nH]c23)cc1. The summed E-state index contributed by atoms with van der Waals surface area (Å²) in [5, 5.41) is 10.6. The molecule has 0 amide bonds. The smallest absolute Gasteiger partial charge is 0.181 e. The van der Waals surface area contributed by atoms with Crippen LogP contribution in [0.3, 0.4) is 0 Å². The van der Waals surface area contributed by atoms with Crippen LogP contribution in [0.15, 0.2) is 46.8 Å². The standard InChI is InChI=1S/C14H14N4OS/c1-2-11(19)9-3-5-10(6-4-9)20-14-12-13(16-7-15-12)17-8-18-14/h3-8,11,19H,2H2,1H3,(H,15,16,17,18)/t11-/m1/s1. The lowest BCUT2D eigenvalue weighted by Gasteiger charge is -2.08. The molecule has 102 valence electrons. The maximum atomic E-state index is 9.78. The van der Waals surface area contributed by atoms with Crippen LogP contribution in [0.4, 0.5) is 0 Å². The number of hydrogen-bond donors (Lipinski definition) is 2. The van der Waals surface area contributed by atoms with E-state index in [4.69, 9.17) is 0 Å². The molecule has 3 aromatic rings. The molecule has 0 radical (unpaired) electrons. The number of rotatable bonds is 4. The first-order valence-corrected chi connectivity index (χ1v) is 7.19. The van der Waals surface area contributed by atoms with E-state index in [-0.39, 0.29) is 0 Å². The highest BCUT2D eigenvalue weighted by molar-refractivity contribution is 7.99. The second-order valence-electron chi connectivity index (χ2n) is 4.38. The van der Waals surface area contributed by atoms with E-state index in [2.05, 4.69) is 19.9 Å². The van der Waals surface area contributed by atoms with Crippen molar-refractivity contribution in [2.45, 2.75) is 29.4 Å². The van der Waals surface area contributed by atoms with Crippen LogP contribution < -0.4 is 0 Å². The van der Waals surface area contributed by atoms with Crippen molar-refractivity contribution in [2.24, 2.45) is 0 Å². The van der Waals surface area contributed by atoms with Crippen molar-refractivity contribution < 1.29 is 5.11 Å². The van der Waals surface area contributed by atoms with Crippen LogP contribution in [0.1, 0.15) is 25.0 Å². The minimum atomic E-state index is -0.396. The molecule has 2 heterocycles. The zero-order valence-corrected chi connectivity index (χ0v) is 11.8. The Morgan fingerprint density at radius 3 is 2.75 bits per heavy atom. The topological polar surface area (TPSA) is 74.7 Å². The number of nitrogens with one attached hydrogen (secondary N) is 1. The van der Waals surface area contributed by atoms with Crippen molar-refractivity contribution in [3.8, 4) is 0 Å². The minimum absolute atomic E-state index is 0.396. The zero-order valence-electron chi connectivity index (χ0n) is 10.9. The molecule has 2 aromatic heterocycles. The maximum absolute atomic E-state index is 9.78. The average molecular weight is 286 g/mol. The lowest BCUT2D eigenvalue weighted by atomic mass is 10.1. The predicted molar refractivity (Wildman–Crippen MR) is 77.5 cm³/mol. The highest BCUT2D eigenvalue weighted by atomic mass is 32.2. The van der Waals surface area contributed by atoms with Gasteiger partial charge in [0.15, 0.2) is 5.65 Å². The Labute approximate surface area is 120 Å². The molecular weight excluding hydrogens is 272 g/mol. The Morgan fingerprint density at radius 1 is 1.20 bits per heavy atom. The van der Waals surface area contributed by atoms with Gasteiger partial charge in [0.1, 0.15) is 16.9 Å². The number of aromatic nitrogens is 4. The molecule has 0 aliphatic heterocycles. The monoisotopic (exact) mass is 286 g/mol. The van der Waals surface area contributed by atoms with Crippen LogP contribution in [0.2, 0.25) is 0 Å². The molecular formula is C14H14N4OS. The highest BCUT2D eigenvalue weighted by Gasteiger charge is 2.09. The van der Waals surface area contributed by atoms with E-state index in [0.29, 0.717) is 12.1 Å². The summed E-state index contributed by atoms with van der Waals surface area (Å²) in [6.07, 6.45) is 3.45. The summed E-state index contributed by atoms with van der Waals surface area (Å²) < 4.78 is 0. The van der Waals surface area contributed by atoms with E-state index < -0.39 is 6.10 Å². The maximum Gasteiger partial charge on any atom is 0.181 e. The summed E-state index contributed by atoms with van der Waals surface area (Å²) in [5.74, 6) is 0. The summed E-state index contributed by atoms with van der Waals surface area (Å²) in [4.78, 5) is 16.6. The molecule has 1 aromatic carbocycles. The van der Waals surface area contributed by atoms with Crippen LogP contribution in [0.5, 0.6) is 0 Å². The van der Waals surface area contributed by atoms with Crippen LogP contribution in [-0.4, -0.2) is 25.0 Å². The van der Waals surface area contributed by atoms with Gasteiger partial charge in [-0.05, 0) is 24.1 Å². The van der Waals surface area contributed by atoms with Gasteiger partial charge in [-0.1, -0.05) is 30.8 Å². The van der Waals surface area contributed by atoms with Gasteiger partial charge in [-0.3, -0.25) is 0 Å².